The van der Waals surface area contributed by atoms with E-state index in [0.29, 0.717) is 65.8 Å². The topological polar surface area (TPSA) is 92.3 Å². The molecule has 0 fully saturated rings. The number of rotatable bonds is 19. The van der Waals surface area contributed by atoms with Crippen molar-refractivity contribution in [3.8, 4) is 0 Å². The Morgan fingerprint density at radius 2 is 1.28 bits per heavy atom. The van der Waals surface area contributed by atoms with E-state index in [1.165, 1.54) is 0 Å². The van der Waals surface area contributed by atoms with E-state index in [0.717, 1.165) is 6.42 Å². The lowest BCUT2D eigenvalue weighted by molar-refractivity contribution is -0.127. The molecular weight excluding hydrogens is 378 g/mol. The van der Waals surface area contributed by atoms with E-state index in [4.69, 9.17) is 23.7 Å². The van der Waals surface area contributed by atoms with Crippen LogP contribution in [0, 0.1) is 5.41 Å². The Morgan fingerprint density at radius 3 is 1.76 bits per heavy atom. The summed E-state index contributed by atoms with van der Waals surface area (Å²) in [4.78, 5) is 23.1. The Balaban J connectivity index is 3.21. The summed E-state index contributed by atoms with van der Waals surface area (Å²) >= 11 is 0. The molecule has 172 valence electrons. The maximum absolute atomic E-state index is 11.7. The summed E-state index contributed by atoms with van der Waals surface area (Å²) in [6.45, 7) is 14.1. The highest BCUT2D eigenvalue weighted by molar-refractivity contribution is 5.83. The van der Waals surface area contributed by atoms with E-state index < -0.39 is 0 Å². The fraction of sp³-hybridized carbons (Fsp3) is 0.905. The Hall–Kier alpha value is -1.06. The first-order chi connectivity index (χ1) is 13.7. The van der Waals surface area contributed by atoms with E-state index in [9.17, 15) is 9.59 Å². The molecule has 0 bridgehead atoms. The first-order valence-corrected chi connectivity index (χ1v) is 10.5. The first-order valence-electron chi connectivity index (χ1n) is 10.5. The third-order valence-electron chi connectivity index (χ3n) is 3.76. The summed E-state index contributed by atoms with van der Waals surface area (Å²) in [7, 11) is 0. The lowest BCUT2D eigenvalue weighted by Gasteiger charge is -2.16. The van der Waals surface area contributed by atoms with E-state index in [1.54, 1.807) is 0 Å². The van der Waals surface area contributed by atoms with Gasteiger partial charge in [-0.25, -0.2) is 0 Å². The predicted molar refractivity (Wildman–Crippen MR) is 111 cm³/mol. The zero-order chi connectivity index (χ0) is 22.0. The molecule has 0 rings (SSSR count). The second-order valence-corrected chi connectivity index (χ2v) is 7.94. The molecule has 0 aliphatic rings. The summed E-state index contributed by atoms with van der Waals surface area (Å²) in [5.74, 6) is 0.123. The van der Waals surface area contributed by atoms with Crippen LogP contribution in [0.25, 0.3) is 0 Å². The Bertz CT molecular complexity index is 422. The standard InChI is InChI=1S/C21H41NO7/c1-18(2)29-17-20(24)22-8-10-26-12-14-28-16-15-27-13-11-25-9-6-7-19(23)21(3,4)5/h18H,6-17H2,1-5H3,(H,22,24). The molecule has 8 heteroatoms. The van der Waals surface area contributed by atoms with Crippen LogP contribution in [0.1, 0.15) is 47.5 Å². The van der Waals surface area contributed by atoms with Gasteiger partial charge in [-0.05, 0) is 20.3 Å². The minimum Gasteiger partial charge on any atom is -0.379 e. The van der Waals surface area contributed by atoms with Crippen LogP contribution in [0.15, 0.2) is 0 Å². The van der Waals surface area contributed by atoms with Gasteiger partial charge in [0, 0.05) is 25.0 Å². The summed E-state index contributed by atoms with van der Waals surface area (Å²) < 4.78 is 26.8. The van der Waals surface area contributed by atoms with Gasteiger partial charge in [-0.3, -0.25) is 9.59 Å². The molecule has 0 aromatic rings. The third kappa shape index (κ3) is 20.0. The molecule has 0 saturated heterocycles. The maximum Gasteiger partial charge on any atom is 0.246 e. The average molecular weight is 420 g/mol. The number of hydrogen-bond donors (Lipinski definition) is 1. The minimum atomic E-state index is -0.271. The van der Waals surface area contributed by atoms with Gasteiger partial charge in [0.2, 0.25) is 5.91 Å². The molecule has 29 heavy (non-hydrogen) atoms. The van der Waals surface area contributed by atoms with E-state index >= 15 is 0 Å². The Labute approximate surface area is 175 Å². The molecule has 0 aliphatic heterocycles. The van der Waals surface area contributed by atoms with Crippen LogP contribution in [-0.2, 0) is 33.3 Å². The molecule has 0 aliphatic carbocycles. The van der Waals surface area contributed by atoms with E-state index in [1.807, 2.05) is 34.6 Å². The highest BCUT2D eigenvalue weighted by atomic mass is 16.6. The Morgan fingerprint density at radius 1 is 0.793 bits per heavy atom. The quantitative estimate of drug-likeness (QED) is 0.320. The van der Waals surface area contributed by atoms with Crippen LogP contribution < -0.4 is 5.32 Å². The van der Waals surface area contributed by atoms with Crippen LogP contribution in [-0.4, -0.2) is 83.8 Å². The predicted octanol–water partition coefficient (Wildman–Crippen LogP) is 1.99. The lowest BCUT2D eigenvalue weighted by Crippen LogP contribution is -2.31. The molecule has 0 saturated carbocycles. The van der Waals surface area contributed by atoms with Crippen molar-refractivity contribution in [2.75, 3.05) is 66.0 Å². The Kier molecular flexibility index (Phi) is 17.1. The van der Waals surface area contributed by atoms with Crippen LogP contribution in [0.2, 0.25) is 0 Å². The van der Waals surface area contributed by atoms with Crippen molar-refractivity contribution in [3.63, 3.8) is 0 Å². The van der Waals surface area contributed by atoms with Gasteiger partial charge in [-0.1, -0.05) is 20.8 Å². The van der Waals surface area contributed by atoms with E-state index in [2.05, 4.69) is 5.32 Å². The van der Waals surface area contributed by atoms with Gasteiger partial charge >= 0.3 is 0 Å². The molecule has 0 atom stereocenters. The number of nitrogens with one attached hydrogen (secondary N) is 1. The number of Topliss-reactive ketones (excluding diaryl/α,β-unsaturated/α-hetero) is 1. The monoisotopic (exact) mass is 419 g/mol. The highest BCUT2D eigenvalue weighted by Gasteiger charge is 2.19. The van der Waals surface area contributed by atoms with Crippen molar-refractivity contribution >= 4 is 11.7 Å². The van der Waals surface area contributed by atoms with Crippen molar-refractivity contribution < 1.29 is 33.3 Å². The normalized spacial score (nSPS) is 11.8. The number of amides is 1. The third-order valence-corrected chi connectivity index (χ3v) is 3.76. The van der Waals surface area contributed by atoms with Crippen LogP contribution in [0.3, 0.4) is 0 Å². The number of hydrogen-bond acceptors (Lipinski definition) is 7. The molecule has 1 amide bonds. The van der Waals surface area contributed by atoms with Gasteiger partial charge in [-0.15, -0.1) is 0 Å². The summed E-state index contributed by atoms with van der Waals surface area (Å²) in [5.41, 5.74) is -0.271. The van der Waals surface area contributed by atoms with Gasteiger partial charge in [0.1, 0.15) is 12.4 Å². The lowest BCUT2D eigenvalue weighted by atomic mass is 9.88. The summed E-state index contributed by atoms with van der Waals surface area (Å²) in [5, 5.41) is 2.72. The first kappa shape index (κ1) is 27.9. The van der Waals surface area contributed by atoms with Crippen molar-refractivity contribution in [2.24, 2.45) is 5.41 Å². The molecule has 8 nitrogen and oxygen atoms in total. The second kappa shape index (κ2) is 17.8. The van der Waals surface area contributed by atoms with Crippen molar-refractivity contribution in [1.82, 2.24) is 5.32 Å². The zero-order valence-corrected chi connectivity index (χ0v) is 18.9. The highest BCUT2D eigenvalue weighted by Crippen LogP contribution is 2.17. The van der Waals surface area contributed by atoms with Crippen molar-refractivity contribution in [1.29, 1.82) is 0 Å². The largest absolute Gasteiger partial charge is 0.379 e. The van der Waals surface area contributed by atoms with Crippen molar-refractivity contribution in [3.05, 3.63) is 0 Å². The van der Waals surface area contributed by atoms with E-state index in [-0.39, 0.29) is 29.8 Å². The van der Waals surface area contributed by atoms with Crippen LogP contribution in [0.5, 0.6) is 0 Å². The fourth-order valence-electron chi connectivity index (χ4n) is 2.03. The average Bonchev–Trinajstić information content (AvgIpc) is 2.64. The van der Waals surface area contributed by atoms with Gasteiger partial charge in [0.15, 0.2) is 0 Å². The minimum absolute atomic E-state index is 0.0426. The molecule has 0 heterocycles. The summed E-state index contributed by atoms with van der Waals surface area (Å²) in [6, 6.07) is 0. The molecule has 0 aromatic heterocycles. The summed E-state index contributed by atoms with van der Waals surface area (Å²) in [6.07, 6.45) is 1.34. The van der Waals surface area contributed by atoms with Gasteiger partial charge in [-0.2, -0.15) is 0 Å². The molecular formula is C21H41NO7. The molecule has 0 aromatic carbocycles. The number of ether oxygens (including phenoxy) is 5. The second-order valence-electron chi connectivity index (χ2n) is 7.94. The zero-order valence-electron chi connectivity index (χ0n) is 18.9. The van der Waals surface area contributed by atoms with Crippen LogP contribution >= 0.6 is 0 Å². The van der Waals surface area contributed by atoms with Crippen LogP contribution in [0.4, 0.5) is 0 Å². The molecule has 1 N–H and O–H groups in total. The van der Waals surface area contributed by atoms with Crippen molar-refractivity contribution in [2.45, 2.75) is 53.6 Å². The smallest absolute Gasteiger partial charge is 0.246 e. The van der Waals surface area contributed by atoms with Gasteiger partial charge < -0.3 is 29.0 Å². The number of carbonyl (C=O) groups excluding carboxylic acids is 2. The van der Waals surface area contributed by atoms with Gasteiger partial charge in [0.25, 0.3) is 0 Å². The number of carbonyl (C=O) groups is 2. The molecule has 0 radical (unpaired) electrons. The molecule has 0 unspecified atom stereocenters. The maximum atomic E-state index is 11.7. The van der Waals surface area contributed by atoms with Gasteiger partial charge in [0.05, 0.1) is 52.4 Å². The number of ketones is 1. The SMILES string of the molecule is CC(C)OCC(=O)NCCOCCOCCOCCOCCCC(=O)C(C)(C)C. The fourth-order valence-corrected chi connectivity index (χ4v) is 2.03. The molecule has 0 spiro atoms.